The van der Waals surface area contributed by atoms with Gasteiger partial charge in [-0.05, 0) is 31.9 Å². The van der Waals surface area contributed by atoms with Crippen molar-refractivity contribution in [3.8, 4) is 11.5 Å². The van der Waals surface area contributed by atoms with Crippen LogP contribution in [-0.4, -0.2) is 27.4 Å². The molecule has 1 saturated carbocycles. The van der Waals surface area contributed by atoms with E-state index in [0.717, 1.165) is 12.8 Å². The maximum atomic E-state index is 13.7. The fraction of sp³-hybridized carbons (Fsp3) is 0.438. The predicted molar refractivity (Wildman–Crippen MR) is 85.4 cm³/mol. The molecule has 1 fully saturated rings. The van der Waals surface area contributed by atoms with Crippen molar-refractivity contribution in [3.63, 3.8) is 0 Å². The van der Waals surface area contributed by atoms with E-state index in [1.807, 2.05) is 0 Å². The van der Waals surface area contributed by atoms with Crippen molar-refractivity contribution in [1.29, 1.82) is 0 Å². The van der Waals surface area contributed by atoms with Gasteiger partial charge in [-0.15, -0.1) is 10.2 Å². The molecule has 0 saturated heterocycles. The molecule has 0 aliphatic heterocycles. The lowest BCUT2D eigenvalue weighted by Crippen LogP contribution is -2.37. The number of carbonyl (C=O) groups is 1. The number of amides is 1. The van der Waals surface area contributed by atoms with Gasteiger partial charge in [0.15, 0.2) is 0 Å². The van der Waals surface area contributed by atoms with E-state index in [1.54, 1.807) is 25.1 Å². The molecule has 0 spiro atoms. The number of halogens is 1. The molecule has 0 radical (unpaired) electrons. The third-order valence-corrected chi connectivity index (χ3v) is 4.79. The van der Waals surface area contributed by atoms with E-state index in [4.69, 9.17) is 4.42 Å². The van der Waals surface area contributed by atoms with Crippen molar-refractivity contribution in [1.82, 2.24) is 15.5 Å². The highest BCUT2D eigenvalue weighted by atomic mass is 32.2. The number of carbonyl (C=O) groups excluding carboxylic acids is 1. The Kier molecular flexibility index (Phi) is 4.95. The summed E-state index contributed by atoms with van der Waals surface area (Å²) >= 11 is 1.18. The molecule has 1 N–H and O–H groups in total. The Hall–Kier alpha value is -1.89. The fourth-order valence-corrected chi connectivity index (χ4v) is 3.29. The number of benzene rings is 1. The average Bonchev–Trinajstić information content (AvgIpc) is 3.19. The minimum atomic E-state index is -0.417. The number of hydrogen-bond acceptors (Lipinski definition) is 5. The topological polar surface area (TPSA) is 68.0 Å². The molecular weight excluding hydrogens is 317 g/mol. The average molecular weight is 335 g/mol. The highest BCUT2D eigenvalue weighted by molar-refractivity contribution is 8.00. The second-order valence-corrected chi connectivity index (χ2v) is 6.90. The van der Waals surface area contributed by atoms with Crippen LogP contribution in [0, 0.1) is 5.82 Å². The van der Waals surface area contributed by atoms with Crippen molar-refractivity contribution in [2.24, 2.45) is 0 Å². The minimum absolute atomic E-state index is 0.0347. The number of nitrogens with zero attached hydrogens (tertiary/aromatic N) is 2. The number of nitrogens with one attached hydrogen (secondary N) is 1. The van der Waals surface area contributed by atoms with Crippen molar-refractivity contribution in [3.05, 3.63) is 30.1 Å². The van der Waals surface area contributed by atoms with Crippen LogP contribution in [0.15, 0.2) is 33.9 Å². The summed E-state index contributed by atoms with van der Waals surface area (Å²) in [6, 6.07) is 6.49. The fourth-order valence-electron chi connectivity index (χ4n) is 2.59. The third-order valence-electron chi connectivity index (χ3n) is 3.86. The van der Waals surface area contributed by atoms with Crippen LogP contribution < -0.4 is 5.32 Å². The molecule has 1 aromatic carbocycles. The molecule has 23 heavy (non-hydrogen) atoms. The van der Waals surface area contributed by atoms with E-state index < -0.39 is 5.82 Å². The molecule has 2 aromatic rings. The number of hydrogen-bond donors (Lipinski definition) is 1. The maximum absolute atomic E-state index is 13.7. The van der Waals surface area contributed by atoms with Crippen LogP contribution in [0.2, 0.25) is 0 Å². The van der Waals surface area contributed by atoms with Crippen LogP contribution in [0.3, 0.4) is 0 Å². The van der Waals surface area contributed by atoms with Gasteiger partial charge in [0.25, 0.3) is 11.1 Å². The zero-order chi connectivity index (χ0) is 16.2. The first-order chi connectivity index (χ1) is 11.1. The summed E-state index contributed by atoms with van der Waals surface area (Å²) in [4.78, 5) is 12.2. The van der Waals surface area contributed by atoms with Gasteiger partial charge in [0.05, 0.1) is 10.8 Å². The highest BCUT2D eigenvalue weighted by Gasteiger charge is 2.23. The Balaban J connectivity index is 1.62. The normalized spacial score (nSPS) is 16.4. The van der Waals surface area contributed by atoms with E-state index in [1.165, 1.54) is 30.7 Å². The second kappa shape index (κ2) is 7.12. The van der Waals surface area contributed by atoms with Gasteiger partial charge in [0.2, 0.25) is 5.91 Å². The largest absolute Gasteiger partial charge is 0.411 e. The van der Waals surface area contributed by atoms with Gasteiger partial charge < -0.3 is 9.73 Å². The van der Waals surface area contributed by atoms with E-state index in [2.05, 4.69) is 15.5 Å². The molecule has 0 unspecified atom stereocenters. The summed E-state index contributed by atoms with van der Waals surface area (Å²) in [7, 11) is 0. The van der Waals surface area contributed by atoms with E-state index in [9.17, 15) is 9.18 Å². The molecule has 1 aliphatic rings. The summed E-state index contributed by atoms with van der Waals surface area (Å²) in [5.74, 6) is -0.332. The SMILES string of the molecule is C[C@@H](Sc1nnc(-c2ccccc2F)o1)C(=O)NC1CCCC1. The van der Waals surface area contributed by atoms with Gasteiger partial charge in [-0.3, -0.25) is 4.79 Å². The molecule has 1 heterocycles. The first-order valence-electron chi connectivity index (χ1n) is 7.69. The zero-order valence-corrected chi connectivity index (χ0v) is 13.6. The van der Waals surface area contributed by atoms with Crippen molar-refractivity contribution in [2.75, 3.05) is 0 Å². The zero-order valence-electron chi connectivity index (χ0n) is 12.8. The van der Waals surface area contributed by atoms with Gasteiger partial charge in [-0.2, -0.15) is 0 Å². The van der Waals surface area contributed by atoms with Gasteiger partial charge >= 0.3 is 0 Å². The summed E-state index contributed by atoms with van der Waals surface area (Å²) in [5.41, 5.74) is 0.259. The lowest BCUT2D eigenvalue weighted by molar-refractivity contribution is -0.120. The Morgan fingerprint density at radius 1 is 1.35 bits per heavy atom. The summed E-state index contributed by atoms with van der Waals surface area (Å²) < 4.78 is 19.2. The van der Waals surface area contributed by atoms with E-state index >= 15 is 0 Å². The van der Waals surface area contributed by atoms with Crippen LogP contribution in [-0.2, 0) is 4.79 Å². The molecule has 0 bridgehead atoms. The predicted octanol–water partition coefficient (Wildman–Crippen LogP) is 3.42. The monoisotopic (exact) mass is 335 g/mol. The Labute approximate surface area is 138 Å². The van der Waals surface area contributed by atoms with Gasteiger partial charge in [-0.25, -0.2) is 4.39 Å². The first-order valence-corrected chi connectivity index (χ1v) is 8.57. The molecular formula is C16H18FN3O2S. The van der Waals surface area contributed by atoms with Crippen LogP contribution in [0.5, 0.6) is 0 Å². The summed E-state index contributed by atoms with van der Waals surface area (Å²) in [6.07, 6.45) is 4.42. The molecule has 1 aromatic heterocycles. The lowest BCUT2D eigenvalue weighted by atomic mass is 10.2. The van der Waals surface area contributed by atoms with Gasteiger partial charge in [-0.1, -0.05) is 36.7 Å². The lowest BCUT2D eigenvalue weighted by Gasteiger charge is -2.14. The van der Waals surface area contributed by atoms with Crippen LogP contribution in [0.4, 0.5) is 4.39 Å². The Morgan fingerprint density at radius 2 is 2.09 bits per heavy atom. The molecule has 7 heteroatoms. The Bertz CT molecular complexity index is 685. The van der Waals surface area contributed by atoms with E-state index in [-0.39, 0.29) is 33.9 Å². The quantitative estimate of drug-likeness (QED) is 0.848. The maximum Gasteiger partial charge on any atom is 0.277 e. The molecule has 1 amide bonds. The van der Waals surface area contributed by atoms with Crippen LogP contribution in [0.1, 0.15) is 32.6 Å². The number of rotatable bonds is 5. The van der Waals surface area contributed by atoms with Gasteiger partial charge in [0, 0.05) is 6.04 Å². The third kappa shape index (κ3) is 3.90. The van der Waals surface area contributed by atoms with Crippen LogP contribution in [0.25, 0.3) is 11.5 Å². The molecule has 3 rings (SSSR count). The van der Waals surface area contributed by atoms with Crippen LogP contribution >= 0.6 is 11.8 Å². The van der Waals surface area contributed by atoms with E-state index in [0.29, 0.717) is 0 Å². The van der Waals surface area contributed by atoms with Crippen molar-refractivity contribution in [2.45, 2.75) is 49.1 Å². The van der Waals surface area contributed by atoms with Crippen molar-refractivity contribution < 1.29 is 13.6 Å². The van der Waals surface area contributed by atoms with Gasteiger partial charge in [0.1, 0.15) is 5.82 Å². The number of aromatic nitrogens is 2. The standard InChI is InChI=1S/C16H18FN3O2S/c1-10(14(21)18-11-6-2-3-7-11)23-16-20-19-15(22-16)12-8-4-5-9-13(12)17/h4-5,8-11H,2-3,6-7H2,1H3,(H,18,21)/t10-/m1/s1. The molecule has 1 atom stereocenters. The molecule has 1 aliphatic carbocycles. The van der Waals surface area contributed by atoms with Crippen molar-refractivity contribution >= 4 is 17.7 Å². The Morgan fingerprint density at radius 3 is 2.83 bits per heavy atom. The first kappa shape index (κ1) is 16.0. The second-order valence-electron chi connectivity index (χ2n) is 5.60. The summed E-state index contributed by atoms with van der Waals surface area (Å²) in [5, 5.41) is 10.7. The smallest absolute Gasteiger partial charge is 0.277 e. The highest BCUT2D eigenvalue weighted by Crippen LogP contribution is 2.28. The summed E-state index contributed by atoms with van der Waals surface area (Å²) in [6.45, 7) is 1.79. The molecule has 5 nitrogen and oxygen atoms in total. The minimum Gasteiger partial charge on any atom is -0.411 e. The number of thioether (sulfide) groups is 1. The molecule has 122 valence electrons.